The van der Waals surface area contributed by atoms with Crippen molar-refractivity contribution in [2.45, 2.75) is 12.5 Å². The highest BCUT2D eigenvalue weighted by Gasteiger charge is 2.20. The summed E-state index contributed by atoms with van der Waals surface area (Å²) in [6, 6.07) is 13.0. The van der Waals surface area contributed by atoms with Crippen molar-refractivity contribution in [1.29, 1.82) is 0 Å². The molecular weight excluding hydrogens is 366 g/mol. The van der Waals surface area contributed by atoms with E-state index in [1.165, 1.54) is 12.1 Å². The molecule has 146 valence electrons. The monoisotopic (exact) mass is 385 g/mol. The van der Waals surface area contributed by atoms with Gasteiger partial charge in [-0.3, -0.25) is 4.79 Å². The van der Waals surface area contributed by atoms with Crippen LogP contribution in [0.4, 0.5) is 10.5 Å². The molecule has 0 bridgehead atoms. The SMILES string of the molecule is O=C/C(=N\O)c1ccc(OCCC(NC(=O)Nc2ccccc2)C(=O)O)cc1. The molecule has 0 saturated heterocycles. The Morgan fingerprint density at radius 2 is 1.79 bits per heavy atom. The third-order valence-electron chi connectivity index (χ3n) is 3.68. The van der Waals surface area contributed by atoms with Gasteiger partial charge >= 0.3 is 12.0 Å². The smallest absolute Gasteiger partial charge is 0.326 e. The quantitative estimate of drug-likeness (QED) is 0.226. The van der Waals surface area contributed by atoms with Crippen LogP contribution in [0.5, 0.6) is 5.75 Å². The van der Waals surface area contributed by atoms with E-state index in [2.05, 4.69) is 15.8 Å². The van der Waals surface area contributed by atoms with Gasteiger partial charge < -0.3 is 25.7 Å². The van der Waals surface area contributed by atoms with E-state index in [0.29, 0.717) is 23.3 Å². The second-order valence-electron chi connectivity index (χ2n) is 5.62. The van der Waals surface area contributed by atoms with Gasteiger partial charge in [0.05, 0.1) is 6.61 Å². The number of aldehydes is 1. The summed E-state index contributed by atoms with van der Waals surface area (Å²) in [4.78, 5) is 34.0. The fraction of sp³-hybridized carbons (Fsp3) is 0.158. The van der Waals surface area contributed by atoms with Crippen LogP contribution in [0.1, 0.15) is 12.0 Å². The summed E-state index contributed by atoms with van der Waals surface area (Å²) in [5.74, 6) is -0.748. The molecular formula is C19H19N3O6. The van der Waals surface area contributed by atoms with E-state index >= 15 is 0 Å². The Morgan fingerprint density at radius 1 is 1.11 bits per heavy atom. The number of carboxylic acids is 1. The summed E-state index contributed by atoms with van der Waals surface area (Å²) in [7, 11) is 0. The van der Waals surface area contributed by atoms with Gasteiger partial charge in [-0.1, -0.05) is 23.4 Å². The molecule has 9 heteroatoms. The maximum absolute atomic E-state index is 11.9. The van der Waals surface area contributed by atoms with Gasteiger partial charge in [0.2, 0.25) is 0 Å². The lowest BCUT2D eigenvalue weighted by molar-refractivity contribution is -0.139. The van der Waals surface area contributed by atoms with Crippen molar-refractivity contribution in [3.63, 3.8) is 0 Å². The molecule has 0 heterocycles. The number of amides is 2. The van der Waals surface area contributed by atoms with Crippen molar-refractivity contribution in [1.82, 2.24) is 5.32 Å². The minimum Gasteiger partial charge on any atom is -0.494 e. The van der Waals surface area contributed by atoms with E-state index < -0.39 is 18.0 Å². The third kappa shape index (κ3) is 6.13. The molecule has 28 heavy (non-hydrogen) atoms. The van der Waals surface area contributed by atoms with Gasteiger partial charge in [0.25, 0.3) is 0 Å². The highest BCUT2D eigenvalue weighted by Crippen LogP contribution is 2.13. The largest absolute Gasteiger partial charge is 0.494 e. The van der Waals surface area contributed by atoms with Crippen LogP contribution in [0.2, 0.25) is 0 Å². The molecule has 0 aliphatic carbocycles. The van der Waals surface area contributed by atoms with Gasteiger partial charge in [0.15, 0.2) is 6.29 Å². The summed E-state index contributed by atoms with van der Waals surface area (Å²) >= 11 is 0. The van der Waals surface area contributed by atoms with Gasteiger partial charge in [-0.15, -0.1) is 0 Å². The summed E-state index contributed by atoms with van der Waals surface area (Å²) in [6.45, 7) is 0.0383. The van der Waals surface area contributed by atoms with Crippen LogP contribution in [0.25, 0.3) is 0 Å². The maximum atomic E-state index is 11.9. The van der Waals surface area contributed by atoms with E-state index in [0.717, 1.165) is 0 Å². The van der Waals surface area contributed by atoms with Crippen LogP contribution in [0, 0.1) is 0 Å². The summed E-state index contributed by atoms with van der Waals surface area (Å²) in [5.41, 5.74) is 0.834. The molecule has 2 rings (SSSR count). The number of urea groups is 1. The van der Waals surface area contributed by atoms with Crippen LogP contribution in [-0.2, 0) is 9.59 Å². The Kier molecular flexibility index (Phi) is 7.53. The minimum absolute atomic E-state index is 0.0383. The highest BCUT2D eigenvalue weighted by atomic mass is 16.5. The molecule has 4 N–H and O–H groups in total. The van der Waals surface area contributed by atoms with Crippen molar-refractivity contribution in [2.24, 2.45) is 5.16 Å². The number of hydrogen-bond acceptors (Lipinski definition) is 6. The van der Waals surface area contributed by atoms with Crippen LogP contribution in [-0.4, -0.2) is 47.0 Å². The minimum atomic E-state index is -1.18. The zero-order valence-electron chi connectivity index (χ0n) is 14.7. The first-order chi connectivity index (χ1) is 13.5. The first kappa shape index (κ1) is 20.4. The number of para-hydroxylation sites is 1. The number of carboxylic acid groups (broad SMARTS) is 1. The van der Waals surface area contributed by atoms with Gasteiger partial charge in [-0.2, -0.15) is 0 Å². The Balaban J connectivity index is 1.85. The molecule has 2 aromatic rings. The first-order valence-electron chi connectivity index (χ1n) is 8.29. The lowest BCUT2D eigenvalue weighted by Crippen LogP contribution is -2.43. The highest BCUT2D eigenvalue weighted by molar-refractivity contribution is 6.36. The van der Waals surface area contributed by atoms with Crippen molar-refractivity contribution in [3.05, 3.63) is 60.2 Å². The molecule has 2 amide bonds. The number of nitrogens with one attached hydrogen (secondary N) is 2. The third-order valence-corrected chi connectivity index (χ3v) is 3.68. The van der Waals surface area contributed by atoms with E-state index in [4.69, 9.17) is 9.94 Å². The molecule has 0 fully saturated rings. The number of benzene rings is 2. The van der Waals surface area contributed by atoms with Crippen molar-refractivity contribution in [3.8, 4) is 5.75 Å². The number of hydrogen-bond donors (Lipinski definition) is 4. The zero-order chi connectivity index (χ0) is 20.4. The second-order valence-corrected chi connectivity index (χ2v) is 5.62. The average molecular weight is 385 g/mol. The first-order valence-corrected chi connectivity index (χ1v) is 8.29. The zero-order valence-corrected chi connectivity index (χ0v) is 14.7. The molecule has 0 saturated carbocycles. The number of ether oxygens (including phenoxy) is 1. The normalized spacial score (nSPS) is 11.9. The van der Waals surface area contributed by atoms with Crippen LogP contribution in [0.3, 0.4) is 0 Å². The summed E-state index contributed by atoms with van der Waals surface area (Å²) in [6.07, 6.45) is 0.455. The molecule has 9 nitrogen and oxygen atoms in total. The standard InChI is InChI=1S/C19H19N3O6/c23-12-17(22-27)13-6-8-15(9-7-13)28-11-10-16(18(24)25)21-19(26)20-14-4-2-1-3-5-14/h1-9,12,16,27H,10-11H2,(H,24,25)(H2,20,21,26)/b22-17+. The Morgan fingerprint density at radius 3 is 2.36 bits per heavy atom. The van der Waals surface area contributed by atoms with Gasteiger partial charge in [-0.25, -0.2) is 9.59 Å². The van der Waals surface area contributed by atoms with E-state index in [-0.39, 0.29) is 18.7 Å². The fourth-order valence-electron chi connectivity index (χ4n) is 2.27. The second kappa shape index (κ2) is 10.3. The Bertz CT molecular complexity index is 837. The molecule has 1 unspecified atom stereocenters. The number of nitrogens with zero attached hydrogens (tertiary/aromatic N) is 1. The number of anilines is 1. The maximum Gasteiger partial charge on any atom is 0.326 e. The van der Waals surface area contributed by atoms with E-state index in [1.807, 2.05) is 0 Å². The van der Waals surface area contributed by atoms with Crippen LogP contribution < -0.4 is 15.4 Å². The van der Waals surface area contributed by atoms with Crippen LogP contribution in [0.15, 0.2) is 59.8 Å². The number of oxime groups is 1. The Hall–Kier alpha value is -3.88. The van der Waals surface area contributed by atoms with Gasteiger partial charge in [0.1, 0.15) is 17.5 Å². The molecule has 0 aliphatic heterocycles. The molecule has 0 spiro atoms. The molecule has 0 aromatic heterocycles. The van der Waals surface area contributed by atoms with E-state index in [9.17, 15) is 19.5 Å². The molecule has 2 aromatic carbocycles. The summed E-state index contributed by atoms with van der Waals surface area (Å²) < 4.78 is 5.46. The molecule has 0 aliphatic rings. The number of carbonyl (C=O) groups excluding carboxylic acids is 2. The predicted octanol–water partition coefficient (Wildman–Crippen LogP) is 2.11. The average Bonchev–Trinajstić information content (AvgIpc) is 2.70. The lowest BCUT2D eigenvalue weighted by atomic mass is 10.1. The molecule has 1 atom stereocenters. The topological polar surface area (TPSA) is 137 Å². The number of rotatable bonds is 9. The Labute approximate surface area is 160 Å². The summed E-state index contributed by atoms with van der Waals surface area (Å²) in [5, 5.41) is 25.8. The number of carbonyl (C=O) groups is 3. The van der Waals surface area contributed by atoms with Crippen LogP contribution >= 0.6 is 0 Å². The fourth-order valence-corrected chi connectivity index (χ4v) is 2.27. The lowest BCUT2D eigenvalue weighted by Gasteiger charge is -2.15. The van der Waals surface area contributed by atoms with Gasteiger partial charge in [0, 0.05) is 17.7 Å². The van der Waals surface area contributed by atoms with Crippen molar-refractivity contribution >= 4 is 29.7 Å². The van der Waals surface area contributed by atoms with E-state index in [1.54, 1.807) is 42.5 Å². The van der Waals surface area contributed by atoms with Crippen molar-refractivity contribution < 1.29 is 29.4 Å². The van der Waals surface area contributed by atoms with Gasteiger partial charge in [-0.05, 0) is 36.4 Å². The molecule has 0 radical (unpaired) electrons. The van der Waals surface area contributed by atoms with Crippen molar-refractivity contribution in [2.75, 3.05) is 11.9 Å². The number of aliphatic carboxylic acids is 1. The predicted molar refractivity (Wildman–Crippen MR) is 101 cm³/mol.